The molecule has 0 unspecified atom stereocenters. The van der Waals surface area contributed by atoms with Crippen LogP contribution in [0.1, 0.15) is 0 Å². The topological polar surface area (TPSA) is 51.8 Å². The van der Waals surface area contributed by atoms with E-state index >= 15 is 0 Å². The molecular weight excluding hydrogens is 196 g/mol. The van der Waals surface area contributed by atoms with Crippen molar-refractivity contribution in [3.05, 3.63) is 0 Å². The third-order valence-corrected chi connectivity index (χ3v) is 2.07. The molecule has 5 nitrogen and oxygen atoms in total. The lowest BCUT2D eigenvalue weighted by atomic mass is 10.5. The maximum Gasteiger partial charge on any atom is 0.0701 e. The van der Waals surface area contributed by atoms with E-state index in [1.54, 1.807) is 0 Å². The van der Waals surface area contributed by atoms with Crippen LogP contribution in [0.5, 0.6) is 0 Å². The van der Waals surface area contributed by atoms with Crippen molar-refractivity contribution in [2.75, 3.05) is 65.8 Å². The molecule has 2 N–H and O–H groups in total. The number of rotatable bonds is 0. The molecule has 0 aliphatic carbocycles. The first-order chi connectivity index (χ1) is 7.50. The van der Waals surface area contributed by atoms with Gasteiger partial charge in [-0.05, 0) is 0 Å². The summed E-state index contributed by atoms with van der Waals surface area (Å²) in [6.07, 6.45) is 0. The minimum atomic E-state index is 0.654. The lowest BCUT2D eigenvalue weighted by Gasteiger charge is -2.06. The molecule has 1 saturated heterocycles. The summed E-state index contributed by atoms with van der Waals surface area (Å²) in [7, 11) is 0. The summed E-state index contributed by atoms with van der Waals surface area (Å²) >= 11 is 0. The average Bonchev–Trinajstić information content (AvgIpc) is 2.27. The summed E-state index contributed by atoms with van der Waals surface area (Å²) in [5.41, 5.74) is 0. The molecule has 0 amide bonds. The van der Waals surface area contributed by atoms with Crippen molar-refractivity contribution in [3.63, 3.8) is 0 Å². The fourth-order valence-electron chi connectivity index (χ4n) is 1.26. The van der Waals surface area contributed by atoms with Gasteiger partial charge in [0.05, 0.1) is 39.6 Å². The van der Waals surface area contributed by atoms with Gasteiger partial charge in [0.15, 0.2) is 0 Å². The van der Waals surface area contributed by atoms with Crippen molar-refractivity contribution in [2.45, 2.75) is 0 Å². The number of ether oxygens (including phenoxy) is 3. The van der Waals surface area contributed by atoms with Crippen LogP contribution in [0.4, 0.5) is 0 Å². The summed E-state index contributed by atoms with van der Waals surface area (Å²) < 4.78 is 16.0. The van der Waals surface area contributed by atoms with Crippen LogP contribution >= 0.6 is 0 Å². The van der Waals surface area contributed by atoms with Crippen molar-refractivity contribution in [1.82, 2.24) is 10.6 Å². The number of hydrogen-bond acceptors (Lipinski definition) is 5. The fraction of sp³-hybridized carbons (Fsp3) is 1.00. The van der Waals surface area contributed by atoms with E-state index in [-0.39, 0.29) is 0 Å². The molecular formula is C10H22N2O3. The molecule has 15 heavy (non-hydrogen) atoms. The molecule has 1 fully saturated rings. The van der Waals surface area contributed by atoms with E-state index in [9.17, 15) is 0 Å². The standard InChI is InChI=1S/C10H22N2O3/c1-2-12-4-6-14-8-10-15-9-7-13-5-3-11-1/h11-12H,1-10H2. The van der Waals surface area contributed by atoms with Gasteiger partial charge in [-0.1, -0.05) is 0 Å². The Hall–Kier alpha value is -0.200. The second-order valence-corrected chi connectivity index (χ2v) is 3.34. The van der Waals surface area contributed by atoms with Crippen LogP contribution in [0.15, 0.2) is 0 Å². The highest BCUT2D eigenvalue weighted by Crippen LogP contribution is 1.81. The molecule has 0 radical (unpaired) electrons. The van der Waals surface area contributed by atoms with Gasteiger partial charge in [-0.15, -0.1) is 0 Å². The minimum absolute atomic E-state index is 0.654. The van der Waals surface area contributed by atoms with Crippen LogP contribution in [0.3, 0.4) is 0 Å². The monoisotopic (exact) mass is 218 g/mol. The van der Waals surface area contributed by atoms with Gasteiger partial charge in [0, 0.05) is 26.2 Å². The predicted molar refractivity (Wildman–Crippen MR) is 58.2 cm³/mol. The van der Waals surface area contributed by atoms with Crippen LogP contribution in [-0.2, 0) is 14.2 Å². The molecule has 0 atom stereocenters. The van der Waals surface area contributed by atoms with Crippen LogP contribution in [0.2, 0.25) is 0 Å². The third-order valence-electron chi connectivity index (χ3n) is 2.07. The second-order valence-electron chi connectivity index (χ2n) is 3.34. The Balaban J connectivity index is 2.01. The normalized spacial score (nSPS) is 24.0. The highest BCUT2D eigenvalue weighted by atomic mass is 16.5. The quantitative estimate of drug-likeness (QED) is 0.559. The van der Waals surface area contributed by atoms with E-state index in [1.165, 1.54) is 0 Å². The van der Waals surface area contributed by atoms with Crippen LogP contribution < -0.4 is 10.6 Å². The zero-order chi connectivity index (χ0) is 10.6. The summed E-state index contributed by atoms with van der Waals surface area (Å²) in [5, 5.41) is 6.57. The average molecular weight is 218 g/mol. The van der Waals surface area contributed by atoms with Gasteiger partial charge in [-0.3, -0.25) is 0 Å². The van der Waals surface area contributed by atoms with E-state index in [0.717, 1.165) is 39.4 Å². The maximum absolute atomic E-state index is 5.36. The first-order valence-corrected chi connectivity index (χ1v) is 5.65. The summed E-state index contributed by atoms with van der Waals surface area (Å²) in [5.74, 6) is 0. The second kappa shape index (κ2) is 10.3. The molecule has 1 heterocycles. The van der Waals surface area contributed by atoms with Crippen molar-refractivity contribution in [1.29, 1.82) is 0 Å². The highest BCUT2D eigenvalue weighted by Gasteiger charge is 1.94. The zero-order valence-electron chi connectivity index (χ0n) is 9.30. The minimum Gasteiger partial charge on any atom is -0.378 e. The van der Waals surface area contributed by atoms with Crippen molar-refractivity contribution in [2.24, 2.45) is 0 Å². The van der Waals surface area contributed by atoms with Crippen molar-refractivity contribution >= 4 is 0 Å². The molecule has 1 aliphatic rings. The van der Waals surface area contributed by atoms with E-state index in [1.807, 2.05) is 0 Å². The summed E-state index contributed by atoms with van der Waals surface area (Å²) in [6, 6.07) is 0. The van der Waals surface area contributed by atoms with Crippen molar-refractivity contribution in [3.8, 4) is 0 Å². The van der Waals surface area contributed by atoms with Crippen LogP contribution in [0.25, 0.3) is 0 Å². The number of nitrogens with one attached hydrogen (secondary N) is 2. The van der Waals surface area contributed by atoms with Gasteiger partial charge in [0.1, 0.15) is 0 Å². The van der Waals surface area contributed by atoms with Crippen molar-refractivity contribution < 1.29 is 14.2 Å². The van der Waals surface area contributed by atoms with E-state index < -0.39 is 0 Å². The summed E-state index contributed by atoms with van der Waals surface area (Å²) in [6.45, 7) is 7.89. The first-order valence-electron chi connectivity index (χ1n) is 5.65. The van der Waals surface area contributed by atoms with Crippen LogP contribution in [0, 0.1) is 0 Å². The van der Waals surface area contributed by atoms with Gasteiger partial charge in [0.2, 0.25) is 0 Å². The fourth-order valence-corrected chi connectivity index (χ4v) is 1.26. The highest BCUT2D eigenvalue weighted by molar-refractivity contribution is 4.51. The molecule has 0 aromatic rings. The molecule has 1 aliphatic heterocycles. The Bertz CT molecular complexity index is 77.2. The SMILES string of the molecule is C1CNCCOCCOCCOCCN1. The zero-order valence-corrected chi connectivity index (χ0v) is 9.30. The molecule has 90 valence electrons. The smallest absolute Gasteiger partial charge is 0.0701 e. The Morgan fingerprint density at radius 2 is 0.867 bits per heavy atom. The van der Waals surface area contributed by atoms with Gasteiger partial charge in [-0.25, -0.2) is 0 Å². The molecule has 0 aromatic heterocycles. The molecule has 1 rings (SSSR count). The Morgan fingerprint density at radius 1 is 0.467 bits per heavy atom. The molecule has 5 heteroatoms. The Labute approximate surface area is 91.5 Å². The van der Waals surface area contributed by atoms with E-state index in [0.29, 0.717) is 26.4 Å². The summed E-state index contributed by atoms with van der Waals surface area (Å²) in [4.78, 5) is 0. The molecule has 0 spiro atoms. The van der Waals surface area contributed by atoms with Crippen LogP contribution in [-0.4, -0.2) is 65.8 Å². The number of hydrogen-bond donors (Lipinski definition) is 2. The third kappa shape index (κ3) is 8.77. The lowest BCUT2D eigenvalue weighted by Crippen LogP contribution is -2.31. The van der Waals surface area contributed by atoms with Gasteiger partial charge in [-0.2, -0.15) is 0 Å². The molecule has 0 aromatic carbocycles. The first kappa shape index (κ1) is 12.9. The van der Waals surface area contributed by atoms with Gasteiger partial charge >= 0.3 is 0 Å². The van der Waals surface area contributed by atoms with Gasteiger partial charge in [0.25, 0.3) is 0 Å². The van der Waals surface area contributed by atoms with Gasteiger partial charge < -0.3 is 24.8 Å². The predicted octanol–water partition coefficient (Wildman–Crippen LogP) is -0.771. The van der Waals surface area contributed by atoms with E-state index in [4.69, 9.17) is 14.2 Å². The Kier molecular flexibility index (Phi) is 8.85. The Morgan fingerprint density at radius 3 is 1.33 bits per heavy atom. The maximum atomic E-state index is 5.36. The molecule has 0 saturated carbocycles. The van der Waals surface area contributed by atoms with E-state index in [2.05, 4.69) is 10.6 Å². The lowest BCUT2D eigenvalue weighted by molar-refractivity contribution is 0.0165. The largest absolute Gasteiger partial charge is 0.378 e. The molecule has 0 bridgehead atoms.